The van der Waals surface area contributed by atoms with Crippen LogP contribution in [0.2, 0.25) is 0 Å². The third-order valence-corrected chi connectivity index (χ3v) is 3.21. The summed E-state index contributed by atoms with van der Waals surface area (Å²) < 4.78 is 5.73. The Kier molecular flexibility index (Phi) is 3.77. The van der Waals surface area contributed by atoms with E-state index in [0.29, 0.717) is 18.3 Å². The van der Waals surface area contributed by atoms with Crippen molar-refractivity contribution in [3.8, 4) is 0 Å². The molecule has 0 aliphatic heterocycles. The largest absolute Gasteiger partial charge is 0.370 e. The van der Waals surface area contributed by atoms with Gasteiger partial charge in [0.25, 0.3) is 0 Å². The van der Waals surface area contributed by atoms with E-state index in [9.17, 15) is 4.79 Å². The Morgan fingerprint density at radius 3 is 2.75 bits per heavy atom. The summed E-state index contributed by atoms with van der Waals surface area (Å²) in [6.45, 7) is 2.62. The normalized spacial score (nSPS) is 19.8. The molecule has 16 heavy (non-hydrogen) atoms. The van der Waals surface area contributed by atoms with Crippen molar-refractivity contribution in [1.82, 2.24) is 15.2 Å². The van der Waals surface area contributed by atoms with Gasteiger partial charge in [-0.05, 0) is 25.7 Å². The predicted molar refractivity (Wildman–Crippen MR) is 60.2 cm³/mol. The maximum absolute atomic E-state index is 11.1. The highest BCUT2D eigenvalue weighted by Gasteiger charge is 2.27. The van der Waals surface area contributed by atoms with Crippen LogP contribution in [-0.4, -0.2) is 21.8 Å². The van der Waals surface area contributed by atoms with Crippen molar-refractivity contribution in [3.63, 3.8) is 0 Å². The zero-order valence-corrected chi connectivity index (χ0v) is 9.66. The number of nitrogens with zero attached hydrogens (tertiary/aromatic N) is 1. The Hall–Kier alpha value is -1.10. The number of aromatic nitrogens is 3. The summed E-state index contributed by atoms with van der Waals surface area (Å²) in [5.74, 6) is 1.14. The molecule has 0 bridgehead atoms. The van der Waals surface area contributed by atoms with Crippen LogP contribution in [0.1, 0.15) is 51.0 Å². The molecule has 1 atom stereocenters. The van der Waals surface area contributed by atoms with Gasteiger partial charge in [-0.3, -0.25) is 4.98 Å². The van der Waals surface area contributed by atoms with E-state index in [0.717, 1.165) is 0 Å². The first kappa shape index (κ1) is 11.4. The Morgan fingerprint density at radius 2 is 2.19 bits per heavy atom. The molecule has 0 saturated heterocycles. The lowest BCUT2D eigenvalue weighted by Gasteiger charge is -2.28. The number of nitrogens with one attached hydrogen (secondary N) is 2. The molecule has 1 aliphatic rings. The maximum atomic E-state index is 11.1. The molecule has 2 N–H and O–H groups in total. The molecule has 0 spiro atoms. The van der Waals surface area contributed by atoms with Gasteiger partial charge in [0.05, 0.1) is 0 Å². The predicted octanol–water partition coefficient (Wildman–Crippen LogP) is 1.76. The van der Waals surface area contributed by atoms with E-state index >= 15 is 0 Å². The number of hydrogen-bond donors (Lipinski definition) is 2. The van der Waals surface area contributed by atoms with Crippen LogP contribution in [-0.2, 0) is 4.74 Å². The van der Waals surface area contributed by atoms with Gasteiger partial charge in [0.1, 0.15) is 6.10 Å². The summed E-state index contributed by atoms with van der Waals surface area (Å²) in [6, 6.07) is 0. The topological polar surface area (TPSA) is 70.8 Å². The Morgan fingerprint density at radius 1 is 1.44 bits per heavy atom. The minimum Gasteiger partial charge on any atom is -0.370 e. The van der Waals surface area contributed by atoms with Gasteiger partial charge in [0.15, 0.2) is 5.82 Å². The summed E-state index contributed by atoms with van der Waals surface area (Å²) >= 11 is 0. The van der Waals surface area contributed by atoms with Gasteiger partial charge in [0.2, 0.25) is 0 Å². The molecule has 1 saturated carbocycles. The lowest BCUT2D eigenvalue weighted by molar-refractivity contribution is 0.00000793. The van der Waals surface area contributed by atoms with Gasteiger partial charge in [-0.2, -0.15) is 5.10 Å². The average molecular weight is 225 g/mol. The SMILES string of the molecule is CCOC(c1n[nH]c(=O)[nH]1)C1CCCCC1. The van der Waals surface area contributed by atoms with Crippen LogP contribution in [0.15, 0.2) is 4.79 Å². The van der Waals surface area contributed by atoms with Crippen molar-refractivity contribution in [2.75, 3.05) is 6.61 Å². The molecular formula is C11H19N3O2. The maximum Gasteiger partial charge on any atom is 0.340 e. The van der Waals surface area contributed by atoms with Crippen LogP contribution in [0.3, 0.4) is 0 Å². The number of ether oxygens (including phenoxy) is 1. The zero-order chi connectivity index (χ0) is 11.4. The molecule has 0 amide bonds. The Balaban J connectivity index is 2.12. The van der Waals surface area contributed by atoms with Gasteiger partial charge in [-0.25, -0.2) is 9.89 Å². The Bertz CT molecular complexity index is 365. The minimum absolute atomic E-state index is 0.0516. The second kappa shape index (κ2) is 5.30. The molecule has 1 unspecified atom stereocenters. The van der Waals surface area contributed by atoms with E-state index in [4.69, 9.17) is 4.74 Å². The second-order valence-electron chi connectivity index (χ2n) is 4.34. The first-order chi connectivity index (χ1) is 7.81. The number of rotatable bonds is 4. The third-order valence-electron chi connectivity index (χ3n) is 3.21. The van der Waals surface area contributed by atoms with E-state index in [2.05, 4.69) is 15.2 Å². The molecule has 1 aromatic heterocycles. The fraction of sp³-hybridized carbons (Fsp3) is 0.818. The molecule has 2 rings (SSSR count). The highest BCUT2D eigenvalue weighted by molar-refractivity contribution is 4.92. The van der Waals surface area contributed by atoms with Crippen molar-refractivity contribution in [1.29, 1.82) is 0 Å². The molecule has 1 fully saturated rings. The van der Waals surface area contributed by atoms with Crippen molar-refractivity contribution < 1.29 is 4.74 Å². The van der Waals surface area contributed by atoms with E-state index in [1.54, 1.807) is 0 Å². The van der Waals surface area contributed by atoms with Crippen molar-refractivity contribution in [3.05, 3.63) is 16.3 Å². The minimum atomic E-state index is -0.254. The first-order valence-corrected chi connectivity index (χ1v) is 6.07. The van der Waals surface area contributed by atoms with Crippen LogP contribution in [0.4, 0.5) is 0 Å². The van der Waals surface area contributed by atoms with Gasteiger partial charge >= 0.3 is 5.69 Å². The Labute approximate surface area is 94.6 Å². The van der Waals surface area contributed by atoms with Crippen LogP contribution >= 0.6 is 0 Å². The number of H-pyrrole nitrogens is 2. The van der Waals surface area contributed by atoms with E-state index in [1.165, 1.54) is 32.1 Å². The quantitative estimate of drug-likeness (QED) is 0.820. The number of aromatic amines is 2. The van der Waals surface area contributed by atoms with Crippen LogP contribution in [0, 0.1) is 5.92 Å². The molecule has 1 aromatic rings. The lowest BCUT2D eigenvalue weighted by Crippen LogP contribution is -2.20. The molecular weight excluding hydrogens is 206 g/mol. The lowest BCUT2D eigenvalue weighted by atomic mass is 9.85. The monoisotopic (exact) mass is 225 g/mol. The van der Waals surface area contributed by atoms with Gasteiger partial charge < -0.3 is 4.74 Å². The highest BCUT2D eigenvalue weighted by atomic mass is 16.5. The smallest absolute Gasteiger partial charge is 0.340 e. The summed E-state index contributed by atoms with van der Waals surface area (Å²) in [6.07, 6.45) is 6.10. The van der Waals surface area contributed by atoms with Crippen LogP contribution in [0.25, 0.3) is 0 Å². The summed E-state index contributed by atoms with van der Waals surface area (Å²) in [7, 11) is 0. The van der Waals surface area contributed by atoms with Gasteiger partial charge in [-0.1, -0.05) is 19.3 Å². The highest BCUT2D eigenvalue weighted by Crippen LogP contribution is 2.35. The van der Waals surface area contributed by atoms with Crippen molar-refractivity contribution in [2.45, 2.75) is 45.1 Å². The summed E-state index contributed by atoms with van der Waals surface area (Å²) in [4.78, 5) is 13.8. The summed E-state index contributed by atoms with van der Waals surface area (Å²) in [5.41, 5.74) is -0.254. The average Bonchev–Trinajstić information content (AvgIpc) is 2.74. The van der Waals surface area contributed by atoms with E-state index in [1.807, 2.05) is 6.92 Å². The molecule has 90 valence electrons. The third kappa shape index (κ3) is 2.52. The fourth-order valence-electron chi connectivity index (χ4n) is 2.47. The second-order valence-corrected chi connectivity index (χ2v) is 4.34. The van der Waals surface area contributed by atoms with Crippen LogP contribution < -0.4 is 5.69 Å². The standard InChI is InChI=1S/C11H19N3O2/c1-2-16-9(8-6-4-3-5-7-8)10-12-11(15)14-13-10/h8-9H,2-7H2,1H3,(H2,12,13,14,15). The van der Waals surface area contributed by atoms with Crippen LogP contribution in [0.5, 0.6) is 0 Å². The number of hydrogen-bond acceptors (Lipinski definition) is 3. The molecule has 1 heterocycles. The molecule has 5 heteroatoms. The van der Waals surface area contributed by atoms with Crippen molar-refractivity contribution >= 4 is 0 Å². The molecule has 1 aliphatic carbocycles. The molecule has 0 aromatic carbocycles. The fourth-order valence-corrected chi connectivity index (χ4v) is 2.47. The molecule has 5 nitrogen and oxygen atoms in total. The zero-order valence-electron chi connectivity index (χ0n) is 9.66. The first-order valence-electron chi connectivity index (χ1n) is 6.07. The van der Waals surface area contributed by atoms with Gasteiger partial charge in [0, 0.05) is 6.61 Å². The molecule has 0 radical (unpaired) electrons. The van der Waals surface area contributed by atoms with E-state index in [-0.39, 0.29) is 11.8 Å². The van der Waals surface area contributed by atoms with Crippen molar-refractivity contribution in [2.24, 2.45) is 5.92 Å². The van der Waals surface area contributed by atoms with Gasteiger partial charge in [-0.15, -0.1) is 0 Å². The summed E-state index contributed by atoms with van der Waals surface area (Å²) in [5, 5.41) is 6.40. The van der Waals surface area contributed by atoms with E-state index < -0.39 is 0 Å².